The molecule has 0 atom stereocenters. The molecule has 0 aliphatic heterocycles. The first kappa shape index (κ1) is 13.2. The van der Waals surface area contributed by atoms with Gasteiger partial charge in [0.2, 0.25) is 0 Å². The largest absolute Gasteiger partial charge is 0.478 e. The second-order valence-electron chi connectivity index (χ2n) is 4.17. The van der Waals surface area contributed by atoms with Crippen LogP contribution in [0.2, 0.25) is 0 Å². The van der Waals surface area contributed by atoms with Gasteiger partial charge < -0.3 is 10.4 Å². The third-order valence-electron chi connectivity index (χ3n) is 2.97. The molecule has 2 aromatic rings. The van der Waals surface area contributed by atoms with Gasteiger partial charge in [-0.3, -0.25) is 4.68 Å². The van der Waals surface area contributed by atoms with Crippen LogP contribution < -0.4 is 5.32 Å². The Hall–Kier alpha value is -2.28. The Morgan fingerprint density at radius 2 is 2.21 bits per heavy atom. The summed E-state index contributed by atoms with van der Waals surface area (Å²) in [7, 11) is 1.88. The van der Waals surface area contributed by atoms with E-state index in [0.717, 1.165) is 11.3 Å². The molecule has 0 aliphatic rings. The molecule has 2 heterocycles. The summed E-state index contributed by atoms with van der Waals surface area (Å²) in [6.07, 6.45) is 4.45. The summed E-state index contributed by atoms with van der Waals surface area (Å²) in [4.78, 5) is 18.7. The fourth-order valence-corrected chi connectivity index (χ4v) is 1.71. The Balaban J connectivity index is 2.00. The minimum Gasteiger partial charge on any atom is -0.478 e. The van der Waals surface area contributed by atoms with E-state index in [1.807, 2.05) is 14.0 Å². The summed E-state index contributed by atoms with van der Waals surface area (Å²) in [5.74, 6) is -1.02. The van der Waals surface area contributed by atoms with E-state index in [-0.39, 0.29) is 5.56 Å². The maximum Gasteiger partial charge on any atom is 0.339 e. The third kappa shape index (κ3) is 2.94. The summed E-state index contributed by atoms with van der Waals surface area (Å²) in [5.41, 5.74) is 2.75. The Morgan fingerprint density at radius 3 is 2.84 bits per heavy atom. The number of rotatable bonds is 5. The van der Waals surface area contributed by atoms with E-state index in [0.29, 0.717) is 18.8 Å². The minimum atomic E-state index is -1.02. The standard InChI is InChI=1S/C12H15N5O2/c1-8-9(4-16-17(8)2)3-13-6-11-10(12(18)19)5-14-7-15-11/h4-5,7,13H,3,6H2,1-2H3,(H,18,19). The number of nitrogens with zero attached hydrogens (tertiary/aromatic N) is 4. The molecule has 100 valence electrons. The van der Waals surface area contributed by atoms with Gasteiger partial charge in [-0.05, 0) is 6.92 Å². The predicted molar refractivity (Wildman–Crippen MR) is 67.5 cm³/mol. The van der Waals surface area contributed by atoms with Crippen LogP contribution in [0.3, 0.4) is 0 Å². The van der Waals surface area contributed by atoms with Gasteiger partial charge in [0.15, 0.2) is 0 Å². The van der Waals surface area contributed by atoms with Crippen LogP contribution in [-0.4, -0.2) is 30.8 Å². The van der Waals surface area contributed by atoms with Crippen LogP contribution >= 0.6 is 0 Å². The Kier molecular flexibility index (Phi) is 3.86. The molecular weight excluding hydrogens is 246 g/mol. The summed E-state index contributed by atoms with van der Waals surface area (Å²) >= 11 is 0. The van der Waals surface area contributed by atoms with Crippen molar-refractivity contribution < 1.29 is 9.90 Å². The van der Waals surface area contributed by atoms with E-state index in [1.54, 1.807) is 10.9 Å². The smallest absolute Gasteiger partial charge is 0.339 e. The van der Waals surface area contributed by atoms with E-state index >= 15 is 0 Å². The van der Waals surface area contributed by atoms with E-state index in [2.05, 4.69) is 20.4 Å². The molecule has 0 fully saturated rings. The van der Waals surface area contributed by atoms with Crippen molar-refractivity contribution in [1.82, 2.24) is 25.1 Å². The van der Waals surface area contributed by atoms with Gasteiger partial charge in [-0.25, -0.2) is 14.8 Å². The number of carboxylic acid groups (broad SMARTS) is 1. The summed E-state index contributed by atoms with van der Waals surface area (Å²) < 4.78 is 1.80. The van der Waals surface area contributed by atoms with Crippen molar-refractivity contribution in [2.45, 2.75) is 20.0 Å². The fourth-order valence-electron chi connectivity index (χ4n) is 1.71. The molecule has 2 rings (SSSR count). The van der Waals surface area contributed by atoms with Crippen LogP contribution in [0, 0.1) is 6.92 Å². The molecule has 0 amide bonds. The molecule has 0 saturated heterocycles. The highest BCUT2D eigenvalue weighted by Crippen LogP contribution is 2.07. The van der Waals surface area contributed by atoms with Gasteiger partial charge in [-0.15, -0.1) is 0 Å². The van der Waals surface area contributed by atoms with Gasteiger partial charge >= 0.3 is 5.97 Å². The zero-order valence-corrected chi connectivity index (χ0v) is 10.8. The summed E-state index contributed by atoms with van der Waals surface area (Å²) in [6, 6.07) is 0. The highest BCUT2D eigenvalue weighted by Gasteiger charge is 2.11. The molecule has 0 aromatic carbocycles. The van der Waals surface area contributed by atoms with Crippen molar-refractivity contribution in [3.8, 4) is 0 Å². The number of aromatic nitrogens is 4. The van der Waals surface area contributed by atoms with E-state index in [1.165, 1.54) is 12.5 Å². The van der Waals surface area contributed by atoms with Crippen LogP contribution in [0.5, 0.6) is 0 Å². The van der Waals surface area contributed by atoms with Crippen LogP contribution in [0.1, 0.15) is 27.3 Å². The molecule has 19 heavy (non-hydrogen) atoms. The highest BCUT2D eigenvalue weighted by atomic mass is 16.4. The number of nitrogens with one attached hydrogen (secondary N) is 1. The summed E-state index contributed by atoms with van der Waals surface area (Å²) in [6.45, 7) is 2.97. The normalized spacial score (nSPS) is 10.6. The number of aromatic carboxylic acids is 1. The second-order valence-corrected chi connectivity index (χ2v) is 4.17. The van der Waals surface area contributed by atoms with Gasteiger partial charge in [-0.2, -0.15) is 5.10 Å². The number of hydrogen-bond donors (Lipinski definition) is 2. The van der Waals surface area contributed by atoms with Crippen molar-refractivity contribution in [3.05, 3.63) is 41.2 Å². The third-order valence-corrected chi connectivity index (χ3v) is 2.97. The zero-order valence-electron chi connectivity index (χ0n) is 10.8. The topological polar surface area (TPSA) is 92.9 Å². The maximum absolute atomic E-state index is 11.0. The number of hydrogen-bond acceptors (Lipinski definition) is 5. The lowest BCUT2D eigenvalue weighted by Gasteiger charge is -2.06. The summed E-state index contributed by atoms with van der Waals surface area (Å²) in [5, 5.41) is 16.3. The molecule has 0 radical (unpaired) electrons. The quantitative estimate of drug-likeness (QED) is 0.814. The minimum absolute atomic E-state index is 0.123. The molecule has 0 aliphatic carbocycles. The molecule has 2 N–H and O–H groups in total. The van der Waals surface area contributed by atoms with Gasteiger partial charge in [0.25, 0.3) is 0 Å². The lowest BCUT2D eigenvalue weighted by atomic mass is 10.2. The molecule has 2 aromatic heterocycles. The van der Waals surface area contributed by atoms with Crippen molar-refractivity contribution in [1.29, 1.82) is 0 Å². The molecule has 7 heteroatoms. The first-order chi connectivity index (χ1) is 9.09. The SMILES string of the molecule is Cc1c(CNCc2ncncc2C(=O)O)cnn1C. The maximum atomic E-state index is 11.0. The van der Waals surface area contributed by atoms with Gasteiger partial charge in [0.1, 0.15) is 11.9 Å². The van der Waals surface area contributed by atoms with Crippen molar-refractivity contribution in [3.63, 3.8) is 0 Å². The van der Waals surface area contributed by atoms with Crippen LogP contribution in [0.15, 0.2) is 18.7 Å². The van der Waals surface area contributed by atoms with Gasteiger partial charge in [0.05, 0.1) is 11.9 Å². The van der Waals surface area contributed by atoms with Gasteiger partial charge in [-0.1, -0.05) is 0 Å². The number of carbonyl (C=O) groups is 1. The van der Waals surface area contributed by atoms with Crippen molar-refractivity contribution >= 4 is 5.97 Å². The Morgan fingerprint density at radius 1 is 1.42 bits per heavy atom. The van der Waals surface area contributed by atoms with Crippen molar-refractivity contribution in [2.24, 2.45) is 7.05 Å². The first-order valence-corrected chi connectivity index (χ1v) is 5.80. The average molecular weight is 261 g/mol. The fraction of sp³-hybridized carbons (Fsp3) is 0.333. The highest BCUT2D eigenvalue weighted by molar-refractivity contribution is 5.88. The van der Waals surface area contributed by atoms with E-state index in [9.17, 15) is 4.79 Å². The van der Waals surface area contributed by atoms with Crippen LogP contribution in [0.25, 0.3) is 0 Å². The molecular formula is C12H15N5O2. The molecule has 0 spiro atoms. The first-order valence-electron chi connectivity index (χ1n) is 5.80. The van der Waals surface area contributed by atoms with Crippen LogP contribution in [-0.2, 0) is 20.1 Å². The van der Waals surface area contributed by atoms with Crippen LogP contribution in [0.4, 0.5) is 0 Å². The molecule has 0 bridgehead atoms. The Labute approximate surface area is 110 Å². The molecule has 7 nitrogen and oxygen atoms in total. The number of aryl methyl sites for hydroxylation is 1. The second kappa shape index (κ2) is 5.57. The lowest BCUT2D eigenvalue weighted by Crippen LogP contribution is -2.17. The van der Waals surface area contributed by atoms with Crippen molar-refractivity contribution in [2.75, 3.05) is 0 Å². The monoisotopic (exact) mass is 261 g/mol. The predicted octanol–water partition coefficient (Wildman–Crippen LogP) is 0.507. The molecule has 0 saturated carbocycles. The number of carboxylic acids is 1. The average Bonchev–Trinajstić information content (AvgIpc) is 2.71. The Bertz CT molecular complexity index is 594. The van der Waals surface area contributed by atoms with E-state index < -0.39 is 5.97 Å². The lowest BCUT2D eigenvalue weighted by molar-refractivity contribution is 0.0694. The van der Waals surface area contributed by atoms with Gasteiger partial charge in [0, 0.05) is 37.6 Å². The van der Waals surface area contributed by atoms with E-state index in [4.69, 9.17) is 5.11 Å². The molecule has 0 unspecified atom stereocenters. The zero-order chi connectivity index (χ0) is 13.8.